The number of benzene rings is 3. The summed E-state index contributed by atoms with van der Waals surface area (Å²) in [4.78, 5) is 18.1. The molecule has 3 aromatic carbocycles. The number of pyridine rings is 1. The number of methoxy groups -OCH3 is 1. The van der Waals surface area contributed by atoms with Crippen molar-refractivity contribution in [1.29, 1.82) is 0 Å². The van der Waals surface area contributed by atoms with Crippen molar-refractivity contribution in [2.24, 2.45) is 0 Å². The lowest BCUT2D eigenvalue weighted by Crippen LogP contribution is -2.14. The van der Waals surface area contributed by atoms with E-state index in [1.165, 1.54) is 12.7 Å². The average Bonchev–Trinajstić information content (AvgIpc) is 2.86. The Labute approximate surface area is 210 Å². The standard InChI is InChI=1S/C28H28ClN3O3/c1-32(2)12-10-18-4-7-22(8-5-18)31-27-20(11-13-33)17-30-25-9-6-19(14-23(25)27)21-15-24(29)28(34)26(16-21)35-3/h4-9,13-17,34H,10-12H2,1-3H3,(H,30,31). The van der Waals surface area contributed by atoms with E-state index in [4.69, 9.17) is 16.3 Å². The van der Waals surface area contributed by atoms with E-state index in [1.807, 2.05) is 18.2 Å². The molecule has 4 aromatic rings. The van der Waals surface area contributed by atoms with E-state index in [1.54, 1.807) is 18.3 Å². The number of hydrogen-bond acceptors (Lipinski definition) is 6. The molecule has 1 heterocycles. The zero-order valence-corrected chi connectivity index (χ0v) is 20.8. The predicted molar refractivity (Wildman–Crippen MR) is 142 cm³/mol. The number of phenolic OH excluding ortho intramolecular Hbond substituents is 1. The molecule has 0 aliphatic heterocycles. The van der Waals surface area contributed by atoms with Crippen LogP contribution in [0.5, 0.6) is 11.5 Å². The Kier molecular flexibility index (Phi) is 7.54. The molecule has 0 amide bonds. The quantitative estimate of drug-likeness (QED) is 0.287. The fourth-order valence-electron chi connectivity index (χ4n) is 3.95. The molecular weight excluding hydrogens is 462 g/mol. The molecule has 4 rings (SSSR count). The van der Waals surface area contributed by atoms with Gasteiger partial charge in [-0.3, -0.25) is 4.98 Å². The third-order valence-corrected chi connectivity index (χ3v) is 6.19. The van der Waals surface area contributed by atoms with Crippen molar-refractivity contribution in [3.8, 4) is 22.6 Å². The van der Waals surface area contributed by atoms with Gasteiger partial charge in [-0.25, -0.2) is 0 Å². The van der Waals surface area contributed by atoms with Crippen molar-refractivity contribution in [3.05, 3.63) is 76.9 Å². The second kappa shape index (κ2) is 10.8. The molecule has 0 bridgehead atoms. The van der Waals surface area contributed by atoms with E-state index in [0.29, 0.717) is 5.75 Å². The van der Waals surface area contributed by atoms with Gasteiger partial charge in [0.05, 0.1) is 23.3 Å². The minimum atomic E-state index is -0.0926. The van der Waals surface area contributed by atoms with Gasteiger partial charge in [0.25, 0.3) is 0 Å². The number of nitrogens with zero attached hydrogens (tertiary/aromatic N) is 2. The minimum Gasteiger partial charge on any atom is -0.503 e. The summed E-state index contributed by atoms with van der Waals surface area (Å²) in [5, 5.41) is 14.7. The number of ether oxygens (including phenoxy) is 1. The number of aromatic hydroxyl groups is 1. The minimum absolute atomic E-state index is 0.0926. The fraction of sp³-hybridized carbons (Fsp3) is 0.214. The van der Waals surface area contributed by atoms with Crippen molar-refractivity contribution in [3.63, 3.8) is 0 Å². The summed E-state index contributed by atoms with van der Waals surface area (Å²) in [6.45, 7) is 0.986. The molecule has 0 fully saturated rings. The smallest absolute Gasteiger partial charge is 0.176 e. The zero-order valence-electron chi connectivity index (χ0n) is 20.0. The van der Waals surface area contributed by atoms with Crippen LogP contribution in [0.15, 0.2) is 60.8 Å². The number of aldehydes is 1. The van der Waals surface area contributed by atoms with Crippen molar-refractivity contribution in [2.75, 3.05) is 33.1 Å². The molecule has 180 valence electrons. The normalized spacial score (nSPS) is 11.1. The lowest BCUT2D eigenvalue weighted by atomic mass is 10.00. The Bertz CT molecular complexity index is 1350. The van der Waals surface area contributed by atoms with Gasteiger partial charge in [-0.2, -0.15) is 0 Å². The van der Waals surface area contributed by atoms with Crippen molar-refractivity contribution in [2.45, 2.75) is 12.8 Å². The van der Waals surface area contributed by atoms with Crippen LogP contribution >= 0.6 is 11.6 Å². The highest BCUT2D eigenvalue weighted by Gasteiger charge is 2.14. The fourth-order valence-corrected chi connectivity index (χ4v) is 4.16. The lowest BCUT2D eigenvalue weighted by molar-refractivity contribution is -0.107. The SMILES string of the molecule is COc1cc(-c2ccc3ncc(CC=O)c(Nc4ccc(CCN(C)C)cc4)c3c2)cc(Cl)c1O. The molecule has 0 saturated carbocycles. The Morgan fingerprint density at radius 3 is 2.54 bits per heavy atom. The van der Waals surface area contributed by atoms with Gasteiger partial charge >= 0.3 is 0 Å². The topological polar surface area (TPSA) is 74.7 Å². The van der Waals surface area contributed by atoms with E-state index < -0.39 is 0 Å². The van der Waals surface area contributed by atoms with Gasteiger partial charge in [0, 0.05) is 35.8 Å². The van der Waals surface area contributed by atoms with Crippen LogP contribution in [0.3, 0.4) is 0 Å². The summed E-state index contributed by atoms with van der Waals surface area (Å²) in [5.74, 6) is 0.207. The van der Waals surface area contributed by atoms with Gasteiger partial charge in [-0.15, -0.1) is 0 Å². The summed E-state index contributed by atoms with van der Waals surface area (Å²) in [5.41, 5.74) is 6.30. The maximum Gasteiger partial charge on any atom is 0.176 e. The highest BCUT2D eigenvalue weighted by molar-refractivity contribution is 6.32. The average molecular weight is 490 g/mol. The van der Waals surface area contributed by atoms with Gasteiger partial charge in [0.1, 0.15) is 6.29 Å². The molecular formula is C28H28ClN3O3. The monoisotopic (exact) mass is 489 g/mol. The number of hydrogen-bond donors (Lipinski definition) is 2. The maximum absolute atomic E-state index is 11.4. The molecule has 7 heteroatoms. The Balaban J connectivity index is 1.76. The molecule has 0 unspecified atom stereocenters. The molecule has 0 radical (unpaired) electrons. The molecule has 2 N–H and O–H groups in total. The van der Waals surface area contributed by atoms with Crippen LogP contribution in [0.2, 0.25) is 5.02 Å². The number of halogens is 1. The Morgan fingerprint density at radius 2 is 1.86 bits per heavy atom. The van der Waals surface area contributed by atoms with Gasteiger partial charge in [0.2, 0.25) is 0 Å². The van der Waals surface area contributed by atoms with E-state index in [9.17, 15) is 9.90 Å². The summed E-state index contributed by atoms with van der Waals surface area (Å²) in [7, 11) is 5.62. The number of nitrogens with one attached hydrogen (secondary N) is 1. The number of anilines is 2. The van der Waals surface area contributed by atoms with Crippen LogP contribution in [0.1, 0.15) is 11.1 Å². The predicted octanol–water partition coefficient (Wildman–Crippen LogP) is 5.86. The summed E-state index contributed by atoms with van der Waals surface area (Å²) < 4.78 is 5.27. The highest BCUT2D eigenvalue weighted by atomic mass is 35.5. The second-order valence-electron chi connectivity index (χ2n) is 8.65. The number of fused-ring (bicyclic) bond motifs is 1. The van der Waals surface area contributed by atoms with Crippen molar-refractivity contribution >= 4 is 40.2 Å². The van der Waals surface area contributed by atoms with E-state index in [-0.39, 0.29) is 17.2 Å². The molecule has 0 atom stereocenters. The van der Waals surface area contributed by atoms with Crippen LogP contribution in [-0.4, -0.2) is 49.0 Å². The third kappa shape index (κ3) is 5.56. The number of carbonyl (C=O) groups is 1. The molecule has 6 nitrogen and oxygen atoms in total. The Hall–Kier alpha value is -3.61. The number of phenols is 1. The van der Waals surface area contributed by atoms with E-state index in [2.05, 4.69) is 53.6 Å². The molecule has 0 saturated heterocycles. The van der Waals surface area contributed by atoms with Gasteiger partial charge < -0.3 is 24.9 Å². The van der Waals surface area contributed by atoms with Crippen LogP contribution in [0.25, 0.3) is 22.0 Å². The van der Waals surface area contributed by atoms with Crippen molar-refractivity contribution < 1.29 is 14.6 Å². The first kappa shape index (κ1) is 24.5. The number of carbonyl (C=O) groups excluding carboxylic acids is 1. The number of rotatable bonds is 9. The van der Waals surface area contributed by atoms with Crippen LogP contribution in [0.4, 0.5) is 11.4 Å². The largest absolute Gasteiger partial charge is 0.503 e. The second-order valence-corrected chi connectivity index (χ2v) is 9.05. The van der Waals surface area contributed by atoms with Crippen molar-refractivity contribution in [1.82, 2.24) is 9.88 Å². The van der Waals surface area contributed by atoms with Gasteiger partial charge in [0.15, 0.2) is 11.5 Å². The lowest BCUT2D eigenvalue weighted by Gasteiger charge is -2.16. The molecule has 35 heavy (non-hydrogen) atoms. The molecule has 0 aliphatic carbocycles. The van der Waals surface area contributed by atoms with Crippen LogP contribution < -0.4 is 10.1 Å². The zero-order chi connectivity index (χ0) is 24.9. The van der Waals surface area contributed by atoms with Crippen LogP contribution in [-0.2, 0) is 17.6 Å². The van der Waals surface area contributed by atoms with Crippen LogP contribution in [0, 0.1) is 0 Å². The highest BCUT2D eigenvalue weighted by Crippen LogP contribution is 2.40. The number of likely N-dealkylation sites (N-methyl/N-ethyl adjacent to an activating group) is 1. The van der Waals surface area contributed by atoms with Gasteiger partial charge in [-0.1, -0.05) is 29.8 Å². The molecule has 1 aromatic heterocycles. The maximum atomic E-state index is 11.4. The first-order valence-corrected chi connectivity index (χ1v) is 11.7. The molecule has 0 spiro atoms. The summed E-state index contributed by atoms with van der Waals surface area (Å²) in [6, 6.07) is 17.7. The first-order chi connectivity index (χ1) is 16.9. The summed E-state index contributed by atoms with van der Waals surface area (Å²) in [6.07, 6.45) is 3.84. The van der Waals surface area contributed by atoms with E-state index in [0.717, 1.165) is 58.2 Å². The molecule has 0 aliphatic rings. The summed E-state index contributed by atoms with van der Waals surface area (Å²) >= 11 is 6.23. The Morgan fingerprint density at radius 1 is 1.09 bits per heavy atom. The third-order valence-electron chi connectivity index (χ3n) is 5.90. The van der Waals surface area contributed by atoms with Gasteiger partial charge in [-0.05, 0) is 73.6 Å². The number of aromatic nitrogens is 1. The van der Waals surface area contributed by atoms with E-state index >= 15 is 0 Å². The first-order valence-electron chi connectivity index (χ1n) is 11.3.